The van der Waals surface area contributed by atoms with Crippen LogP contribution in [-0.2, 0) is 9.53 Å². The van der Waals surface area contributed by atoms with Crippen molar-refractivity contribution in [3.8, 4) is 0 Å². The van der Waals surface area contributed by atoms with Crippen molar-refractivity contribution in [3.63, 3.8) is 0 Å². The van der Waals surface area contributed by atoms with Gasteiger partial charge in [-0.15, -0.1) is 23.1 Å². The highest BCUT2D eigenvalue weighted by molar-refractivity contribution is 8.00. The Balaban J connectivity index is 1.77. The molecule has 3 nitrogen and oxygen atoms in total. The third-order valence-corrected chi connectivity index (χ3v) is 5.73. The standard InChI is InChI=1S/C16H17NO2S2/c1-19-10-9-17-14(13-8-5-11-20-13)15(16(17)18)21-12-6-3-2-4-7-12/h2-8,11,14-15H,9-10H2,1H3/t14-,15+/m1/s1. The lowest BCUT2D eigenvalue weighted by Gasteiger charge is -2.46. The zero-order valence-electron chi connectivity index (χ0n) is 11.8. The van der Waals surface area contributed by atoms with Crippen LogP contribution >= 0.6 is 23.1 Å². The molecule has 110 valence electrons. The van der Waals surface area contributed by atoms with Gasteiger partial charge in [0.05, 0.1) is 12.6 Å². The molecule has 2 aromatic rings. The SMILES string of the molecule is COCCN1C(=O)[C@@H](Sc2ccccc2)[C@H]1c1cccs1. The van der Waals surface area contributed by atoms with Crippen LogP contribution in [0, 0.1) is 0 Å². The zero-order chi connectivity index (χ0) is 14.7. The maximum atomic E-state index is 12.4. The first-order valence-corrected chi connectivity index (χ1v) is 8.61. The molecule has 1 aromatic heterocycles. The van der Waals surface area contributed by atoms with Crippen LogP contribution in [0.3, 0.4) is 0 Å². The Morgan fingerprint density at radius 1 is 1.24 bits per heavy atom. The molecule has 1 aliphatic rings. The van der Waals surface area contributed by atoms with E-state index in [4.69, 9.17) is 4.74 Å². The van der Waals surface area contributed by atoms with Gasteiger partial charge in [0, 0.05) is 23.4 Å². The molecular weight excluding hydrogens is 302 g/mol. The fraction of sp³-hybridized carbons (Fsp3) is 0.312. The van der Waals surface area contributed by atoms with Crippen LogP contribution in [0.2, 0.25) is 0 Å². The molecule has 0 radical (unpaired) electrons. The number of carbonyl (C=O) groups is 1. The van der Waals surface area contributed by atoms with Crippen LogP contribution in [0.5, 0.6) is 0 Å². The Kier molecular flexibility index (Phi) is 4.63. The van der Waals surface area contributed by atoms with Gasteiger partial charge in [-0.2, -0.15) is 0 Å². The topological polar surface area (TPSA) is 29.5 Å². The number of β-lactam (4-membered cyclic amide) rings is 1. The number of hydrogen-bond donors (Lipinski definition) is 0. The van der Waals surface area contributed by atoms with Gasteiger partial charge in [-0.25, -0.2) is 0 Å². The number of amides is 1. The van der Waals surface area contributed by atoms with E-state index in [0.717, 1.165) is 4.90 Å². The van der Waals surface area contributed by atoms with E-state index < -0.39 is 0 Å². The summed E-state index contributed by atoms with van der Waals surface area (Å²) in [6.45, 7) is 1.24. The number of nitrogens with zero attached hydrogens (tertiary/aromatic N) is 1. The number of thioether (sulfide) groups is 1. The van der Waals surface area contributed by atoms with E-state index in [9.17, 15) is 4.79 Å². The number of ether oxygens (including phenoxy) is 1. The average molecular weight is 319 g/mol. The van der Waals surface area contributed by atoms with Crippen molar-refractivity contribution < 1.29 is 9.53 Å². The number of carbonyl (C=O) groups excluding carboxylic acids is 1. The number of likely N-dealkylation sites (tertiary alicyclic amines) is 1. The van der Waals surface area contributed by atoms with Gasteiger partial charge in [0.15, 0.2) is 0 Å². The zero-order valence-corrected chi connectivity index (χ0v) is 13.4. The summed E-state index contributed by atoms with van der Waals surface area (Å²) in [6, 6.07) is 14.4. The summed E-state index contributed by atoms with van der Waals surface area (Å²) >= 11 is 3.37. The Bertz CT molecular complexity index is 586. The molecule has 1 saturated heterocycles. The van der Waals surface area contributed by atoms with E-state index in [1.54, 1.807) is 30.2 Å². The van der Waals surface area contributed by atoms with Crippen LogP contribution in [0.4, 0.5) is 0 Å². The van der Waals surface area contributed by atoms with E-state index in [2.05, 4.69) is 23.6 Å². The summed E-state index contributed by atoms with van der Waals surface area (Å²) in [6.07, 6.45) is 0. The second kappa shape index (κ2) is 6.64. The second-order valence-corrected chi connectivity index (χ2v) is 7.03. The molecule has 0 saturated carbocycles. The van der Waals surface area contributed by atoms with Crippen LogP contribution in [0.1, 0.15) is 10.9 Å². The van der Waals surface area contributed by atoms with E-state index in [1.807, 2.05) is 29.2 Å². The highest BCUT2D eigenvalue weighted by Crippen LogP contribution is 2.45. The lowest BCUT2D eigenvalue weighted by atomic mass is 9.99. The van der Waals surface area contributed by atoms with Gasteiger partial charge in [-0.3, -0.25) is 4.79 Å². The molecule has 1 fully saturated rings. The molecular formula is C16H17NO2S2. The van der Waals surface area contributed by atoms with Crippen molar-refractivity contribution >= 4 is 29.0 Å². The van der Waals surface area contributed by atoms with Crippen LogP contribution < -0.4 is 0 Å². The van der Waals surface area contributed by atoms with Gasteiger partial charge in [-0.05, 0) is 23.6 Å². The molecule has 1 amide bonds. The Labute approximate surface area is 132 Å². The van der Waals surface area contributed by atoms with E-state index in [0.29, 0.717) is 13.2 Å². The van der Waals surface area contributed by atoms with Gasteiger partial charge in [0.1, 0.15) is 5.25 Å². The summed E-state index contributed by atoms with van der Waals surface area (Å²) in [5, 5.41) is 2.04. The van der Waals surface area contributed by atoms with Crippen LogP contribution in [-0.4, -0.2) is 36.3 Å². The summed E-state index contributed by atoms with van der Waals surface area (Å²) in [5.41, 5.74) is 0. The Morgan fingerprint density at radius 2 is 2.05 bits per heavy atom. The first kappa shape index (κ1) is 14.6. The molecule has 2 heterocycles. The maximum Gasteiger partial charge on any atom is 0.239 e. The van der Waals surface area contributed by atoms with Gasteiger partial charge in [0.25, 0.3) is 0 Å². The molecule has 0 unspecified atom stereocenters. The minimum atomic E-state index is -0.0251. The molecule has 1 aliphatic heterocycles. The first-order valence-electron chi connectivity index (χ1n) is 6.86. The van der Waals surface area contributed by atoms with Gasteiger partial charge >= 0.3 is 0 Å². The molecule has 0 bridgehead atoms. The fourth-order valence-electron chi connectivity index (χ4n) is 2.48. The Hall–Kier alpha value is -1.30. The normalized spacial score (nSPS) is 21.4. The molecule has 0 N–H and O–H groups in total. The summed E-state index contributed by atoms with van der Waals surface area (Å²) < 4.78 is 5.12. The number of rotatable bonds is 6. The number of thiophene rings is 1. The van der Waals surface area contributed by atoms with Crippen molar-refractivity contribution in [2.24, 2.45) is 0 Å². The van der Waals surface area contributed by atoms with Crippen molar-refractivity contribution in [1.82, 2.24) is 4.90 Å². The van der Waals surface area contributed by atoms with E-state index >= 15 is 0 Å². The molecule has 21 heavy (non-hydrogen) atoms. The highest BCUT2D eigenvalue weighted by atomic mass is 32.2. The Morgan fingerprint density at radius 3 is 2.71 bits per heavy atom. The predicted molar refractivity (Wildman–Crippen MR) is 86.7 cm³/mol. The first-order chi connectivity index (χ1) is 10.3. The van der Waals surface area contributed by atoms with Crippen molar-refractivity contribution in [2.45, 2.75) is 16.2 Å². The highest BCUT2D eigenvalue weighted by Gasteiger charge is 2.48. The number of benzene rings is 1. The summed E-state index contributed by atoms with van der Waals surface area (Å²) in [4.78, 5) is 16.7. The number of hydrogen-bond acceptors (Lipinski definition) is 4. The van der Waals surface area contributed by atoms with Gasteiger partial charge < -0.3 is 9.64 Å². The minimum Gasteiger partial charge on any atom is -0.383 e. The maximum absolute atomic E-state index is 12.4. The molecule has 2 atom stereocenters. The van der Waals surface area contributed by atoms with E-state index in [1.165, 1.54) is 4.88 Å². The van der Waals surface area contributed by atoms with Gasteiger partial charge in [-0.1, -0.05) is 24.3 Å². The van der Waals surface area contributed by atoms with E-state index in [-0.39, 0.29) is 17.2 Å². The third-order valence-electron chi connectivity index (χ3n) is 3.53. The molecule has 1 aromatic carbocycles. The lowest BCUT2D eigenvalue weighted by Crippen LogP contribution is -2.57. The minimum absolute atomic E-state index is 0.0251. The molecule has 0 spiro atoms. The fourth-order valence-corrected chi connectivity index (χ4v) is 4.71. The van der Waals surface area contributed by atoms with Crippen molar-refractivity contribution in [3.05, 3.63) is 52.7 Å². The predicted octanol–water partition coefficient (Wildman–Crippen LogP) is 3.44. The van der Waals surface area contributed by atoms with Crippen molar-refractivity contribution in [2.75, 3.05) is 20.3 Å². The largest absolute Gasteiger partial charge is 0.383 e. The monoisotopic (exact) mass is 319 g/mol. The lowest BCUT2D eigenvalue weighted by molar-refractivity contribution is -0.145. The summed E-state index contributed by atoms with van der Waals surface area (Å²) in [7, 11) is 1.67. The number of methoxy groups -OCH3 is 1. The van der Waals surface area contributed by atoms with Gasteiger partial charge in [0.2, 0.25) is 5.91 Å². The molecule has 5 heteroatoms. The second-order valence-electron chi connectivity index (χ2n) is 4.84. The van der Waals surface area contributed by atoms with Crippen LogP contribution in [0.25, 0.3) is 0 Å². The quantitative estimate of drug-likeness (QED) is 0.764. The smallest absolute Gasteiger partial charge is 0.239 e. The third kappa shape index (κ3) is 3.00. The van der Waals surface area contributed by atoms with Crippen LogP contribution in [0.15, 0.2) is 52.7 Å². The molecule has 0 aliphatic carbocycles. The van der Waals surface area contributed by atoms with Crippen molar-refractivity contribution in [1.29, 1.82) is 0 Å². The molecule has 3 rings (SSSR count). The average Bonchev–Trinajstić information content (AvgIpc) is 3.03. The summed E-state index contributed by atoms with van der Waals surface area (Å²) in [5.74, 6) is 0.208.